The summed E-state index contributed by atoms with van der Waals surface area (Å²) in [5.41, 5.74) is 23.3. The van der Waals surface area contributed by atoms with Crippen molar-refractivity contribution >= 4 is 87.2 Å². The summed E-state index contributed by atoms with van der Waals surface area (Å²) in [4.78, 5) is 0. The summed E-state index contributed by atoms with van der Waals surface area (Å²) in [6, 6.07) is 112. The van der Waals surface area contributed by atoms with E-state index < -0.39 is 0 Å². The molecule has 382 valence electrons. The monoisotopic (exact) mass is 1040 g/mol. The predicted molar refractivity (Wildman–Crippen MR) is 346 cm³/mol. The Hall–Kier alpha value is -10.9. The van der Waals surface area contributed by atoms with E-state index in [0.29, 0.717) is 0 Å². The third-order valence-electron chi connectivity index (χ3n) is 17.2. The van der Waals surface area contributed by atoms with E-state index in [1.54, 1.807) is 0 Å². The van der Waals surface area contributed by atoms with Crippen LogP contribution in [0.2, 0.25) is 0 Å². The lowest BCUT2D eigenvalue weighted by Crippen LogP contribution is -1.98. The fourth-order valence-electron chi connectivity index (χ4n) is 13.4. The van der Waals surface area contributed by atoms with Crippen molar-refractivity contribution in [3.05, 3.63) is 303 Å². The summed E-state index contributed by atoms with van der Waals surface area (Å²) in [7, 11) is 0. The second-order valence-electron chi connectivity index (χ2n) is 21.7. The third-order valence-corrected chi connectivity index (χ3v) is 17.2. The first-order valence-corrected chi connectivity index (χ1v) is 28.2. The molecule has 0 saturated carbocycles. The Balaban J connectivity index is 0.928. The zero-order chi connectivity index (χ0) is 53.8. The molecule has 0 amide bonds. The van der Waals surface area contributed by atoms with Crippen molar-refractivity contribution in [1.29, 1.82) is 0 Å². The first kappa shape index (κ1) is 46.0. The first-order chi connectivity index (χ1) is 40.7. The number of hydrogen-bond donors (Lipinski definition) is 0. The van der Waals surface area contributed by atoms with E-state index in [1.807, 2.05) is 0 Å². The minimum Gasteiger partial charge on any atom is -0.309 e. The van der Waals surface area contributed by atoms with Crippen LogP contribution < -0.4 is 0 Å². The third kappa shape index (κ3) is 7.11. The highest BCUT2D eigenvalue weighted by Gasteiger charge is 2.23. The molecule has 0 spiro atoms. The number of aromatic nitrogens is 4. The highest BCUT2D eigenvalue weighted by Crippen LogP contribution is 2.45. The molecule has 0 unspecified atom stereocenters. The quantitative estimate of drug-likeness (QED) is 0.145. The number of rotatable bonds is 8. The van der Waals surface area contributed by atoms with Crippen LogP contribution in [0.15, 0.2) is 303 Å². The maximum absolute atomic E-state index is 2.54. The Kier molecular flexibility index (Phi) is 10.3. The molecule has 0 aliphatic carbocycles. The van der Waals surface area contributed by atoms with E-state index in [2.05, 4.69) is 322 Å². The molecule has 0 bridgehead atoms. The van der Waals surface area contributed by atoms with E-state index in [4.69, 9.17) is 0 Å². The standard InChI is InChI=1S/C78H50N4/c1-4-18-51(19-5-1)55-36-43-75-67(46-55)69-50-61(42-45-76(69)79(75)58-22-8-3-9-23-58)82-77-44-37-56(52-20-6-2-7-21-52)47-68(77)70-49-57(53-32-38-59(39-33-53)80-71-28-14-10-24-62(71)63-25-11-15-29-72(63)80)48-66(78(70)82)54-34-40-60(41-35-54)81-73-30-16-12-26-64(73)65-27-13-17-31-74(65)81/h1-50H. The van der Waals surface area contributed by atoms with E-state index in [0.717, 1.165) is 61.6 Å². The summed E-state index contributed by atoms with van der Waals surface area (Å²) in [5.74, 6) is 0. The van der Waals surface area contributed by atoms with Crippen molar-refractivity contribution in [1.82, 2.24) is 18.3 Å². The molecule has 0 fully saturated rings. The molecule has 0 saturated heterocycles. The van der Waals surface area contributed by atoms with Crippen LogP contribution in [0.3, 0.4) is 0 Å². The number of fused-ring (bicyclic) bond motifs is 12. The van der Waals surface area contributed by atoms with Crippen LogP contribution >= 0.6 is 0 Å². The normalized spacial score (nSPS) is 11.9. The largest absolute Gasteiger partial charge is 0.309 e. The van der Waals surface area contributed by atoms with E-state index >= 15 is 0 Å². The SMILES string of the molecule is c1ccc(-c2ccc3c(c2)c2cc(-n4c5ccc(-c6ccccc6)cc5c5cc(-c6ccc(-n7c8ccccc8c8ccccc87)cc6)cc(-c6ccc(-n7c8ccccc8c8ccccc87)cc6)c54)ccc2n3-c2ccccc2)cc1. The Morgan fingerprint density at radius 2 is 0.476 bits per heavy atom. The lowest BCUT2D eigenvalue weighted by molar-refractivity contribution is 1.16. The number of nitrogens with zero attached hydrogens (tertiary/aromatic N) is 4. The van der Waals surface area contributed by atoms with Gasteiger partial charge in [0.25, 0.3) is 0 Å². The van der Waals surface area contributed by atoms with Crippen LogP contribution in [0.25, 0.3) is 154 Å². The van der Waals surface area contributed by atoms with Gasteiger partial charge in [-0.2, -0.15) is 0 Å². The van der Waals surface area contributed by atoms with Gasteiger partial charge in [-0.1, -0.05) is 188 Å². The Bertz CT molecular complexity index is 5240. The molecule has 13 aromatic carbocycles. The Labute approximate surface area is 473 Å². The van der Waals surface area contributed by atoms with Gasteiger partial charge in [0.1, 0.15) is 0 Å². The highest BCUT2D eigenvalue weighted by molar-refractivity contribution is 6.18. The van der Waals surface area contributed by atoms with Crippen LogP contribution in [-0.4, -0.2) is 18.3 Å². The van der Waals surface area contributed by atoms with Crippen LogP contribution in [0.4, 0.5) is 0 Å². The molecule has 17 rings (SSSR count). The van der Waals surface area contributed by atoms with Crippen LogP contribution in [0, 0.1) is 0 Å². The second-order valence-corrected chi connectivity index (χ2v) is 21.7. The summed E-state index contributed by atoms with van der Waals surface area (Å²) in [5, 5.41) is 9.80. The highest BCUT2D eigenvalue weighted by atomic mass is 15.0. The molecule has 4 nitrogen and oxygen atoms in total. The van der Waals surface area contributed by atoms with Crippen LogP contribution in [-0.2, 0) is 0 Å². The smallest absolute Gasteiger partial charge is 0.0619 e. The molecule has 4 heteroatoms. The molecule has 4 aromatic heterocycles. The summed E-state index contributed by atoms with van der Waals surface area (Å²) in [6.45, 7) is 0. The average molecular weight is 1040 g/mol. The summed E-state index contributed by atoms with van der Waals surface area (Å²) < 4.78 is 9.77. The topological polar surface area (TPSA) is 19.7 Å². The molecular formula is C78H50N4. The van der Waals surface area contributed by atoms with E-state index in [1.165, 1.54) is 92.9 Å². The average Bonchev–Trinajstić information content (AvgIpc) is 4.42. The minimum atomic E-state index is 1.10. The molecule has 0 aliphatic rings. The van der Waals surface area contributed by atoms with E-state index in [9.17, 15) is 0 Å². The van der Waals surface area contributed by atoms with Gasteiger partial charge in [0.05, 0.1) is 44.1 Å². The Morgan fingerprint density at radius 1 is 0.159 bits per heavy atom. The molecule has 0 N–H and O–H groups in total. The predicted octanol–water partition coefficient (Wildman–Crippen LogP) is 20.7. The summed E-state index contributed by atoms with van der Waals surface area (Å²) >= 11 is 0. The molecular weight excluding hydrogens is 993 g/mol. The molecule has 0 radical (unpaired) electrons. The van der Waals surface area contributed by atoms with Gasteiger partial charge in [0.15, 0.2) is 0 Å². The Morgan fingerprint density at radius 3 is 0.963 bits per heavy atom. The van der Waals surface area contributed by atoms with E-state index in [-0.39, 0.29) is 0 Å². The fraction of sp³-hybridized carbons (Fsp3) is 0. The maximum Gasteiger partial charge on any atom is 0.0619 e. The molecule has 0 atom stereocenters. The van der Waals surface area contributed by atoms with Gasteiger partial charge in [-0.25, -0.2) is 0 Å². The second kappa shape index (κ2) is 18.3. The molecule has 4 heterocycles. The van der Waals surface area contributed by atoms with Crippen molar-refractivity contribution < 1.29 is 0 Å². The molecule has 82 heavy (non-hydrogen) atoms. The first-order valence-electron chi connectivity index (χ1n) is 28.2. The number of para-hydroxylation sites is 5. The van der Waals surface area contributed by atoms with Gasteiger partial charge in [-0.05, 0) is 154 Å². The van der Waals surface area contributed by atoms with Gasteiger partial charge in [0.2, 0.25) is 0 Å². The maximum atomic E-state index is 2.54. The van der Waals surface area contributed by atoms with Crippen molar-refractivity contribution in [3.63, 3.8) is 0 Å². The number of benzene rings is 13. The van der Waals surface area contributed by atoms with Crippen molar-refractivity contribution in [3.8, 4) is 67.3 Å². The zero-order valence-corrected chi connectivity index (χ0v) is 44.7. The lowest BCUT2D eigenvalue weighted by atomic mass is 9.94. The zero-order valence-electron chi connectivity index (χ0n) is 44.7. The van der Waals surface area contributed by atoms with Gasteiger partial charge in [0, 0.05) is 71.4 Å². The van der Waals surface area contributed by atoms with Gasteiger partial charge in [-0.15, -0.1) is 0 Å². The fourth-order valence-corrected chi connectivity index (χ4v) is 13.4. The van der Waals surface area contributed by atoms with Crippen LogP contribution in [0.1, 0.15) is 0 Å². The molecule has 0 aliphatic heterocycles. The summed E-state index contributed by atoms with van der Waals surface area (Å²) in [6.07, 6.45) is 0. The van der Waals surface area contributed by atoms with Gasteiger partial charge in [-0.3, -0.25) is 0 Å². The van der Waals surface area contributed by atoms with Gasteiger partial charge < -0.3 is 18.3 Å². The van der Waals surface area contributed by atoms with Crippen LogP contribution in [0.5, 0.6) is 0 Å². The molecule has 17 aromatic rings. The minimum absolute atomic E-state index is 1.10. The van der Waals surface area contributed by atoms with Crippen molar-refractivity contribution in [2.45, 2.75) is 0 Å². The number of hydrogen-bond acceptors (Lipinski definition) is 0. The van der Waals surface area contributed by atoms with Gasteiger partial charge >= 0.3 is 0 Å². The lowest BCUT2D eigenvalue weighted by Gasteiger charge is -2.16. The van der Waals surface area contributed by atoms with Crippen molar-refractivity contribution in [2.75, 3.05) is 0 Å². The van der Waals surface area contributed by atoms with Crippen molar-refractivity contribution in [2.24, 2.45) is 0 Å².